The minimum Gasteiger partial charge on any atom is -0.319 e. The van der Waals surface area contributed by atoms with E-state index in [-0.39, 0.29) is 5.91 Å². The maximum absolute atomic E-state index is 12.7. The number of para-hydroxylation sites is 1. The molecule has 0 bridgehead atoms. The standard InChI is InChI=1S/C14H15N5O/c1-18-12-5-3-2-4-11(12)13(17-18)14(20)19-7-6-16-9-10(19)8-15/h2-5,10,16H,6-7,9H2,1H3. The van der Waals surface area contributed by atoms with E-state index in [1.165, 1.54) is 0 Å². The summed E-state index contributed by atoms with van der Waals surface area (Å²) in [5.74, 6) is -0.171. The molecule has 6 nitrogen and oxygen atoms in total. The van der Waals surface area contributed by atoms with E-state index in [4.69, 9.17) is 5.26 Å². The third-order valence-electron chi connectivity index (χ3n) is 3.61. The van der Waals surface area contributed by atoms with Crippen molar-refractivity contribution in [1.29, 1.82) is 5.26 Å². The number of hydrogen-bond acceptors (Lipinski definition) is 4. The zero-order chi connectivity index (χ0) is 14.1. The van der Waals surface area contributed by atoms with E-state index in [0.717, 1.165) is 10.9 Å². The number of carbonyl (C=O) groups excluding carboxylic acids is 1. The average Bonchev–Trinajstić information content (AvgIpc) is 2.84. The van der Waals surface area contributed by atoms with E-state index in [2.05, 4.69) is 16.5 Å². The van der Waals surface area contributed by atoms with Crippen molar-refractivity contribution in [3.63, 3.8) is 0 Å². The number of nitrogens with one attached hydrogen (secondary N) is 1. The number of nitrogens with zero attached hydrogens (tertiary/aromatic N) is 4. The first kappa shape index (κ1) is 12.6. The summed E-state index contributed by atoms with van der Waals surface area (Å²) in [4.78, 5) is 14.3. The highest BCUT2D eigenvalue weighted by atomic mass is 16.2. The highest BCUT2D eigenvalue weighted by Gasteiger charge is 2.29. The Bertz CT molecular complexity index is 699. The lowest BCUT2D eigenvalue weighted by Gasteiger charge is -2.31. The Morgan fingerprint density at radius 3 is 3.10 bits per heavy atom. The van der Waals surface area contributed by atoms with Crippen LogP contribution < -0.4 is 5.32 Å². The van der Waals surface area contributed by atoms with E-state index >= 15 is 0 Å². The van der Waals surface area contributed by atoms with Gasteiger partial charge in [0.15, 0.2) is 5.69 Å². The van der Waals surface area contributed by atoms with Gasteiger partial charge in [0.2, 0.25) is 0 Å². The molecule has 0 spiro atoms. The number of benzene rings is 1. The minimum absolute atomic E-state index is 0.171. The summed E-state index contributed by atoms with van der Waals surface area (Å²) in [6.45, 7) is 1.74. The zero-order valence-electron chi connectivity index (χ0n) is 11.2. The highest BCUT2D eigenvalue weighted by Crippen LogP contribution is 2.20. The fourth-order valence-corrected chi connectivity index (χ4v) is 2.57. The molecule has 0 aliphatic carbocycles. The number of rotatable bonds is 1. The van der Waals surface area contributed by atoms with Crippen LogP contribution in [0.1, 0.15) is 10.5 Å². The molecule has 1 aromatic carbocycles. The lowest BCUT2D eigenvalue weighted by atomic mass is 10.1. The molecule has 2 heterocycles. The van der Waals surface area contributed by atoms with Gasteiger partial charge in [-0.25, -0.2) is 0 Å². The molecule has 0 saturated carbocycles. The molecular weight excluding hydrogens is 254 g/mol. The maximum atomic E-state index is 12.7. The molecule has 1 aromatic heterocycles. The first-order chi connectivity index (χ1) is 9.72. The van der Waals surface area contributed by atoms with E-state index in [9.17, 15) is 4.79 Å². The largest absolute Gasteiger partial charge is 0.319 e. The molecule has 1 fully saturated rings. The Hall–Kier alpha value is -2.39. The van der Waals surface area contributed by atoms with Crippen LogP contribution in [-0.2, 0) is 7.05 Å². The summed E-state index contributed by atoms with van der Waals surface area (Å²) in [6, 6.07) is 9.36. The molecule has 1 aliphatic rings. The summed E-state index contributed by atoms with van der Waals surface area (Å²) in [5.41, 5.74) is 1.34. The van der Waals surface area contributed by atoms with Gasteiger partial charge in [-0.3, -0.25) is 9.48 Å². The molecule has 1 unspecified atom stereocenters. The molecule has 1 saturated heterocycles. The number of hydrogen-bond donors (Lipinski definition) is 1. The Morgan fingerprint density at radius 1 is 1.50 bits per heavy atom. The number of aromatic nitrogens is 2. The fraction of sp³-hybridized carbons (Fsp3) is 0.357. The van der Waals surface area contributed by atoms with Crippen molar-refractivity contribution < 1.29 is 4.79 Å². The van der Waals surface area contributed by atoms with Crippen molar-refractivity contribution in [3.8, 4) is 6.07 Å². The fourth-order valence-electron chi connectivity index (χ4n) is 2.57. The van der Waals surface area contributed by atoms with Crippen LogP contribution in [0.15, 0.2) is 24.3 Å². The number of aryl methyl sites for hydroxylation is 1. The highest BCUT2D eigenvalue weighted by molar-refractivity contribution is 6.05. The van der Waals surface area contributed by atoms with Gasteiger partial charge in [0.1, 0.15) is 6.04 Å². The number of fused-ring (bicyclic) bond motifs is 1. The monoisotopic (exact) mass is 269 g/mol. The summed E-state index contributed by atoms with van der Waals surface area (Å²) in [5, 5.41) is 17.4. The van der Waals surface area contributed by atoms with Gasteiger partial charge in [0, 0.05) is 32.1 Å². The van der Waals surface area contributed by atoms with Gasteiger partial charge < -0.3 is 10.2 Å². The second-order valence-electron chi connectivity index (χ2n) is 4.84. The molecule has 1 amide bonds. The van der Waals surface area contributed by atoms with Gasteiger partial charge in [-0.05, 0) is 6.07 Å². The van der Waals surface area contributed by atoms with Gasteiger partial charge in [-0.15, -0.1) is 0 Å². The van der Waals surface area contributed by atoms with Crippen molar-refractivity contribution in [1.82, 2.24) is 20.0 Å². The van der Waals surface area contributed by atoms with Crippen LogP contribution in [-0.4, -0.2) is 46.3 Å². The summed E-state index contributed by atoms with van der Waals surface area (Å²) >= 11 is 0. The molecule has 1 aliphatic heterocycles. The molecule has 6 heteroatoms. The molecule has 3 rings (SSSR count). The normalized spacial score (nSPS) is 19.0. The third kappa shape index (κ3) is 1.92. The number of carbonyl (C=O) groups is 1. The van der Waals surface area contributed by atoms with Gasteiger partial charge in [0.05, 0.1) is 11.6 Å². The van der Waals surface area contributed by atoms with Crippen molar-refractivity contribution in [2.45, 2.75) is 6.04 Å². The van der Waals surface area contributed by atoms with Gasteiger partial charge >= 0.3 is 0 Å². The molecule has 102 valence electrons. The maximum Gasteiger partial charge on any atom is 0.276 e. The van der Waals surface area contributed by atoms with Gasteiger partial charge in [0.25, 0.3) is 5.91 Å². The Balaban J connectivity index is 2.02. The number of amides is 1. The van der Waals surface area contributed by atoms with E-state index in [1.54, 1.807) is 9.58 Å². The van der Waals surface area contributed by atoms with E-state index in [0.29, 0.717) is 25.3 Å². The van der Waals surface area contributed by atoms with Crippen LogP contribution >= 0.6 is 0 Å². The third-order valence-corrected chi connectivity index (χ3v) is 3.61. The minimum atomic E-state index is -0.433. The Morgan fingerprint density at radius 2 is 2.30 bits per heavy atom. The number of nitriles is 1. The summed E-state index contributed by atoms with van der Waals surface area (Å²) in [7, 11) is 1.82. The Labute approximate surface area is 116 Å². The lowest BCUT2D eigenvalue weighted by molar-refractivity contribution is 0.0682. The lowest BCUT2D eigenvalue weighted by Crippen LogP contribution is -2.53. The second-order valence-corrected chi connectivity index (χ2v) is 4.84. The topological polar surface area (TPSA) is 74.0 Å². The van der Waals surface area contributed by atoms with Crippen LogP contribution in [0.4, 0.5) is 0 Å². The number of piperazine rings is 1. The first-order valence-corrected chi connectivity index (χ1v) is 6.55. The zero-order valence-corrected chi connectivity index (χ0v) is 11.2. The molecule has 2 aromatic rings. The van der Waals surface area contributed by atoms with Crippen molar-refractivity contribution in [2.24, 2.45) is 7.05 Å². The van der Waals surface area contributed by atoms with E-state index < -0.39 is 6.04 Å². The summed E-state index contributed by atoms with van der Waals surface area (Å²) < 4.78 is 1.70. The Kier molecular flexibility index (Phi) is 3.12. The summed E-state index contributed by atoms with van der Waals surface area (Å²) in [6.07, 6.45) is 0. The molecular formula is C14H15N5O. The predicted octanol–water partition coefficient (Wildman–Crippen LogP) is 0.511. The van der Waals surface area contributed by atoms with Gasteiger partial charge in [-0.1, -0.05) is 18.2 Å². The SMILES string of the molecule is Cn1nc(C(=O)N2CCNCC2C#N)c2ccccc21. The molecule has 20 heavy (non-hydrogen) atoms. The van der Waals surface area contributed by atoms with Crippen LogP contribution in [0, 0.1) is 11.3 Å². The first-order valence-electron chi connectivity index (χ1n) is 6.55. The molecule has 1 N–H and O–H groups in total. The quantitative estimate of drug-likeness (QED) is 0.818. The smallest absolute Gasteiger partial charge is 0.276 e. The average molecular weight is 269 g/mol. The second kappa shape index (κ2) is 4.94. The van der Waals surface area contributed by atoms with Crippen molar-refractivity contribution >= 4 is 16.8 Å². The predicted molar refractivity (Wildman–Crippen MR) is 74.0 cm³/mol. The van der Waals surface area contributed by atoms with Crippen LogP contribution in [0.2, 0.25) is 0 Å². The van der Waals surface area contributed by atoms with Crippen molar-refractivity contribution in [2.75, 3.05) is 19.6 Å². The van der Waals surface area contributed by atoms with Crippen LogP contribution in [0.25, 0.3) is 10.9 Å². The molecule has 0 radical (unpaired) electrons. The van der Waals surface area contributed by atoms with Crippen molar-refractivity contribution in [3.05, 3.63) is 30.0 Å². The molecule has 1 atom stereocenters. The van der Waals surface area contributed by atoms with E-state index in [1.807, 2.05) is 31.3 Å². The van der Waals surface area contributed by atoms with Gasteiger partial charge in [-0.2, -0.15) is 10.4 Å². The van der Waals surface area contributed by atoms with Crippen LogP contribution in [0.5, 0.6) is 0 Å². The van der Waals surface area contributed by atoms with Crippen LogP contribution in [0.3, 0.4) is 0 Å².